The maximum absolute atomic E-state index is 13.4. The van der Waals surface area contributed by atoms with Crippen molar-refractivity contribution in [1.82, 2.24) is 0 Å². The van der Waals surface area contributed by atoms with Crippen molar-refractivity contribution in [3.63, 3.8) is 0 Å². The molecule has 0 aliphatic carbocycles. The third kappa shape index (κ3) is 3.68. The molecule has 1 atom stereocenters. The SMILES string of the molecule is COc1cc(C)cc(OC)c1[C@@H](N)C(F)(F)C(F)(F)F.Cl. The first-order valence-electron chi connectivity index (χ1n) is 5.49. The second-order valence-electron chi connectivity index (χ2n) is 4.18. The minimum atomic E-state index is -5.77. The molecule has 0 saturated heterocycles. The fourth-order valence-electron chi connectivity index (χ4n) is 1.73. The number of alkyl halides is 5. The lowest BCUT2D eigenvalue weighted by Crippen LogP contribution is -2.46. The first-order chi connectivity index (χ1) is 9.06. The van der Waals surface area contributed by atoms with Crippen molar-refractivity contribution in [2.45, 2.75) is 25.1 Å². The van der Waals surface area contributed by atoms with E-state index in [0.717, 1.165) is 14.2 Å². The molecule has 0 aromatic heterocycles. The molecule has 1 aromatic rings. The summed E-state index contributed by atoms with van der Waals surface area (Å²) in [5.74, 6) is -5.47. The van der Waals surface area contributed by atoms with E-state index in [1.807, 2.05) is 0 Å². The van der Waals surface area contributed by atoms with Crippen LogP contribution in [0.5, 0.6) is 11.5 Å². The summed E-state index contributed by atoms with van der Waals surface area (Å²) in [5.41, 5.74) is 5.18. The van der Waals surface area contributed by atoms with E-state index < -0.39 is 23.7 Å². The first-order valence-corrected chi connectivity index (χ1v) is 5.49. The number of benzene rings is 1. The molecule has 3 nitrogen and oxygen atoms in total. The number of methoxy groups -OCH3 is 2. The highest BCUT2D eigenvalue weighted by atomic mass is 35.5. The van der Waals surface area contributed by atoms with Gasteiger partial charge in [-0.25, -0.2) is 0 Å². The Hall–Kier alpha value is -1.28. The predicted molar refractivity (Wildman–Crippen MR) is 69.5 cm³/mol. The molecule has 0 bridgehead atoms. The van der Waals surface area contributed by atoms with Crippen molar-refractivity contribution in [2.24, 2.45) is 5.73 Å². The zero-order valence-electron chi connectivity index (χ0n) is 11.4. The van der Waals surface area contributed by atoms with E-state index in [1.54, 1.807) is 6.92 Å². The minimum Gasteiger partial charge on any atom is -0.496 e. The highest BCUT2D eigenvalue weighted by molar-refractivity contribution is 5.85. The van der Waals surface area contributed by atoms with Crippen molar-refractivity contribution in [1.29, 1.82) is 0 Å². The molecule has 0 saturated carbocycles. The second kappa shape index (κ2) is 6.65. The molecule has 2 N–H and O–H groups in total. The molecule has 0 aliphatic heterocycles. The smallest absolute Gasteiger partial charge is 0.455 e. The number of aryl methyl sites for hydroxylation is 1. The van der Waals surface area contributed by atoms with Gasteiger partial charge in [0.15, 0.2) is 0 Å². The van der Waals surface area contributed by atoms with Gasteiger partial charge in [-0.05, 0) is 24.6 Å². The topological polar surface area (TPSA) is 44.5 Å². The Morgan fingerprint density at radius 2 is 1.38 bits per heavy atom. The number of rotatable bonds is 4. The molecular formula is C12H15ClF5NO2. The van der Waals surface area contributed by atoms with Crippen LogP contribution in [0.3, 0.4) is 0 Å². The number of hydrogen-bond donors (Lipinski definition) is 1. The monoisotopic (exact) mass is 335 g/mol. The van der Waals surface area contributed by atoms with E-state index >= 15 is 0 Å². The van der Waals surface area contributed by atoms with Crippen LogP contribution in [0.25, 0.3) is 0 Å². The Balaban J connectivity index is 0.00000400. The summed E-state index contributed by atoms with van der Waals surface area (Å²) in [7, 11) is 2.30. The minimum absolute atomic E-state index is 0. The Morgan fingerprint density at radius 1 is 1.00 bits per heavy atom. The van der Waals surface area contributed by atoms with Crippen molar-refractivity contribution < 1.29 is 31.4 Å². The van der Waals surface area contributed by atoms with Crippen molar-refractivity contribution >= 4 is 12.4 Å². The van der Waals surface area contributed by atoms with Gasteiger partial charge < -0.3 is 15.2 Å². The van der Waals surface area contributed by atoms with Gasteiger partial charge in [-0.3, -0.25) is 0 Å². The van der Waals surface area contributed by atoms with Crippen molar-refractivity contribution in [2.75, 3.05) is 14.2 Å². The molecule has 0 fully saturated rings. The zero-order valence-corrected chi connectivity index (χ0v) is 12.2. The highest BCUT2D eigenvalue weighted by Crippen LogP contribution is 2.47. The standard InChI is InChI=1S/C12H14F5NO2.ClH/c1-6-4-7(19-2)9(8(5-6)20-3)10(18)11(13,14)12(15,16)17;/h4-5,10H,18H2,1-3H3;1H/t10-;/m1./s1. The highest BCUT2D eigenvalue weighted by Gasteiger charge is 2.62. The van der Waals surface area contributed by atoms with Crippen LogP contribution in [0.4, 0.5) is 22.0 Å². The molecule has 0 unspecified atom stereocenters. The molecule has 9 heteroatoms. The third-order valence-corrected chi connectivity index (χ3v) is 2.77. The third-order valence-electron chi connectivity index (χ3n) is 2.77. The van der Waals surface area contributed by atoms with Gasteiger partial charge in [0.25, 0.3) is 0 Å². The lowest BCUT2D eigenvalue weighted by molar-refractivity contribution is -0.291. The van der Waals surface area contributed by atoms with Crippen LogP contribution in [0.1, 0.15) is 17.2 Å². The summed E-state index contributed by atoms with van der Waals surface area (Å²) in [6.07, 6.45) is -5.77. The summed E-state index contributed by atoms with van der Waals surface area (Å²) >= 11 is 0. The van der Waals surface area contributed by atoms with Gasteiger partial charge in [0.1, 0.15) is 17.5 Å². The van der Waals surface area contributed by atoms with E-state index in [2.05, 4.69) is 0 Å². The lowest BCUT2D eigenvalue weighted by Gasteiger charge is -2.28. The van der Waals surface area contributed by atoms with Crippen LogP contribution in [0.2, 0.25) is 0 Å². The fraction of sp³-hybridized carbons (Fsp3) is 0.500. The Kier molecular flexibility index (Phi) is 6.25. The molecule has 1 rings (SSSR count). The molecule has 21 heavy (non-hydrogen) atoms. The summed E-state index contributed by atoms with van der Waals surface area (Å²) in [6, 6.07) is -0.0121. The number of halogens is 6. The average Bonchev–Trinajstić information content (AvgIpc) is 2.35. The quantitative estimate of drug-likeness (QED) is 0.855. The van der Waals surface area contributed by atoms with E-state index in [4.69, 9.17) is 15.2 Å². The molecule has 0 aliphatic rings. The Bertz CT molecular complexity index is 468. The summed E-state index contributed by atoms with van der Waals surface area (Å²) in [5, 5.41) is 0. The van der Waals surface area contributed by atoms with Crippen LogP contribution >= 0.6 is 12.4 Å². The predicted octanol–water partition coefficient (Wildman–Crippen LogP) is 3.63. The van der Waals surface area contributed by atoms with E-state index in [9.17, 15) is 22.0 Å². The maximum atomic E-state index is 13.4. The van der Waals surface area contributed by atoms with Gasteiger partial charge >= 0.3 is 12.1 Å². The van der Waals surface area contributed by atoms with E-state index in [-0.39, 0.29) is 23.9 Å². The summed E-state index contributed by atoms with van der Waals surface area (Å²) in [4.78, 5) is 0. The fourth-order valence-corrected chi connectivity index (χ4v) is 1.73. The number of hydrogen-bond acceptors (Lipinski definition) is 3. The molecule has 0 spiro atoms. The second-order valence-corrected chi connectivity index (χ2v) is 4.18. The van der Waals surface area contributed by atoms with Crippen LogP contribution < -0.4 is 15.2 Å². The lowest BCUT2D eigenvalue weighted by atomic mass is 9.97. The summed E-state index contributed by atoms with van der Waals surface area (Å²) < 4.78 is 73.7. The molecular weight excluding hydrogens is 321 g/mol. The van der Waals surface area contributed by atoms with Crippen LogP contribution in [0.15, 0.2) is 12.1 Å². The van der Waals surface area contributed by atoms with Gasteiger partial charge in [-0.2, -0.15) is 22.0 Å². The molecule has 122 valence electrons. The van der Waals surface area contributed by atoms with E-state index in [0.29, 0.717) is 5.56 Å². The van der Waals surface area contributed by atoms with Gasteiger partial charge in [0.05, 0.1) is 19.8 Å². The number of nitrogens with two attached hydrogens (primary N) is 1. The van der Waals surface area contributed by atoms with Gasteiger partial charge in [0.2, 0.25) is 0 Å². The normalized spacial score (nSPS) is 13.4. The molecule has 1 aromatic carbocycles. The van der Waals surface area contributed by atoms with Gasteiger partial charge in [-0.1, -0.05) is 0 Å². The molecule has 0 radical (unpaired) electrons. The zero-order chi connectivity index (χ0) is 15.7. The largest absolute Gasteiger partial charge is 0.496 e. The first kappa shape index (κ1) is 19.7. The maximum Gasteiger partial charge on any atom is 0.455 e. The van der Waals surface area contributed by atoms with Crippen molar-refractivity contribution in [3.05, 3.63) is 23.3 Å². The van der Waals surface area contributed by atoms with Crippen LogP contribution in [-0.2, 0) is 0 Å². The van der Waals surface area contributed by atoms with Gasteiger partial charge in [-0.15, -0.1) is 12.4 Å². The van der Waals surface area contributed by atoms with Crippen LogP contribution in [0, 0.1) is 6.92 Å². The van der Waals surface area contributed by atoms with Crippen LogP contribution in [-0.4, -0.2) is 26.3 Å². The Labute approximate surface area is 124 Å². The average molecular weight is 336 g/mol. The number of ether oxygens (including phenoxy) is 2. The Morgan fingerprint density at radius 3 is 1.67 bits per heavy atom. The van der Waals surface area contributed by atoms with E-state index in [1.165, 1.54) is 12.1 Å². The summed E-state index contributed by atoms with van der Waals surface area (Å²) in [6.45, 7) is 1.61. The molecule has 0 amide bonds. The van der Waals surface area contributed by atoms with Crippen molar-refractivity contribution in [3.8, 4) is 11.5 Å². The van der Waals surface area contributed by atoms with Gasteiger partial charge in [0, 0.05) is 0 Å². The molecule has 0 heterocycles.